The van der Waals surface area contributed by atoms with Gasteiger partial charge in [-0.1, -0.05) is 170 Å². The van der Waals surface area contributed by atoms with Crippen LogP contribution in [0.2, 0.25) is 0 Å². The molecule has 0 saturated carbocycles. The average molecular weight is 703 g/mol. The van der Waals surface area contributed by atoms with E-state index in [2.05, 4.69) is 157 Å². The monoisotopic (exact) mass is 702 g/mol. The molecule has 2 aromatic heterocycles. The molecule has 0 radical (unpaired) electrons. The summed E-state index contributed by atoms with van der Waals surface area (Å²) in [5, 5.41) is 0. The maximum absolute atomic E-state index is 5.11. The Balaban J connectivity index is 1.11. The van der Waals surface area contributed by atoms with E-state index in [4.69, 9.17) is 15.0 Å². The maximum Gasteiger partial charge on any atom is 0.164 e. The summed E-state index contributed by atoms with van der Waals surface area (Å²) >= 11 is 0. The molecular weight excluding hydrogens is 669 g/mol. The number of aromatic nitrogens is 4. The molecule has 4 nitrogen and oxygen atoms in total. The third-order valence-electron chi connectivity index (χ3n) is 10.7. The second kappa shape index (κ2) is 13.6. The van der Waals surface area contributed by atoms with Crippen molar-refractivity contribution in [2.45, 2.75) is 5.41 Å². The van der Waals surface area contributed by atoms with Gasteiger partial charge in [0.2, 0.25) is 0 Å². The molecule has 1 aliphatic carbocycles. The molecule has 55 heavy (non-hydrogen) atoms. The predicted molar refractivity (Wildman–Crippen MR) is 222 cm³/mol. The maximum atomic E-state index is 5.11. The first-order valence-electron chi connectivity index (χ1n) is 18.5. The van der Waals surface area contributed by atoms with E-state index in [9.17, 15) is 0 Å². The van der Waals surface area contributed by atoms with Crippen LogP contribution in [-0.2, 0) is 5.41 Å². The van der Waals surface area contributed by atoms with Crippen molar-refractivity contribution in [3.05, 3.63) is 229 Å². The number of rotatable bonds is 7. The van der Waals surface area contributed by atoms with Gasteiger partial charge in [-0.2, -0.15) is 0 Å². The third kappa shape index (κ3) is 5.63. The molecule has 0 fully saturated rings. The number of pyridine rings is 1. The van der Waals surface area contributed by atoms with E-state index in [1.54, 1.807) is 6.20 Å². The summed E-state index contributed by atoms with van der Waals surface area (Å²) in [7, 11) is 0. The fraction of sp³-hybridized carbons (Fsp3) is 0.0196. The first kappa shape index (κ1) is 32.4. The van der Waals surface area contributed by atoms with Gasteiger partial charge < -0.3 is 0 Å². The van der Waals surface area contributed by atoms with Gasteiger partial charge in [0, 0.05) is 34.6 Å². The molecule has 0 aliphatic heterocycles. The summed E-state index contributed by atoms with van der Waals surface area (Å²) in [6, 6.07) is 68.7. The second-order valence-corrected chi connectivity index (χ2v) is 13.9. The van der Waals surface area contributed by atoms with E-state index in [1.807, 2.05) is 48.7 Å². The van der Waals surface area contributed by atoms with Gasteiger partial charge in [-0.15, -0.1) is 0 Å². The molecular formula is C51H34N4. The summed E-state index contributed by atoms with van der Waals surface area (Å²) in [4.78, 5) is 19.5. The van der Waals surface area contributed by atoms with E-state index in [-0.39, 0.29) is 0 Å². The van der Waals surface area contributed by atoms with Gasteiger partial charge in [-0.25, -0.2) is 15.0 Å². The molecule has 0 N–H and O–H groups in total. The first-order valence-corrected chi connectivity index (χ1v) is 18.5. The number of hydrogen-bond donors (Lipinski definition) is 0. The van der Waals surface area contributed by atoms with E-state index >= 15 is 0 Å². The Hall–Kier alpha value is -7.30. The van der Waals surface area contributed by atoms with Gasteiger partial charge in [0.25, 0.3) is 0 Å². The van der Waals surface area contributed by atoms with Crippen molar-refractivity contribution in [3.8, 4) is 67.5 Å². The van der Waals surface area contributed by atoms with Crippen LogP contribution in [0.3, 0.4) is 0 Å². The summed E-state index contributed by atoms with van der Waals surface area (Å²) in [6.45, 7) is 0. The van der Waals surface area contributed by atoms with E-state index in [0.717, 1.165) is 38.9 Å². The minimum atomic E-state index is -0.472. The smallest absolute Gasteiger partial charge is 0.164 e. The molecule has 1 aliphatic rings. The van der Waals surface area contributed by atoms with Gasteiger partial charge in [-0.05, 0) is 74.3 Å². The van der Waals surface area contributed by atoms with Crippen molar-refractivity contribution in [1.82, 2.24) is 19.9 Å². The van der Waals surface area contributed by atoms with Crippen molar-refractivity contribution in [1.29, 1.82) is 0 Å². The lowest BCUT2D eigenvalue weighted by atomic mass is 9.67. The Morgan fingerprint density at radius 2 is 0.745 bits per heavy atom. The summed E-state index contributed by atoms with van der Waals surface area (Å²) < 4.78 is 0. The van der Waals surface area contributed by atoms with Crippen LogP contribution in [0.1, 0.15) is 22.3 Å². The fourth-order valence-electron chi connectivity index (χ4n) is 8.20. The standard InChI is InChI=1S/C51H34N4/c1-3-15-35(16-4-1)48-53-49(55-50(54-48)40-21-12-18-37(32-40)41-22-14-30-52-34-41)39-20-11-17-36(31-39)38-19-13-25-43(33-38)51(42-23-5-2-6-24-42)46-28-9-7-26-44(46)45-27-8-10-29-47(45)51/h1-34H. The average Bonchev–Trinajstić information content (AvgIpc) is 3.58. The van der Waals surface area contributed by atoms with Crippen LogP contribution >= 0.6 is 0 Å². The van der Waals surface area contributed by atoms with Crippen LogP contribution in [0.15, 0.2) is 207 Å². The van der Waals surface area contributed by atoms with Crippen LogP contribution < -0.4 is 0 Å². The van der Waals surface area contributed by atoms with Crippen LogP contribution in [0, 0.1) is 0 Å². The van der Waals surface area contributed by atoms with Crippen molar-refractivity contribution in [2.24, 2.45) is 0 Å². The van der Waals surface area contributed by atoms with E-state index in [0.29, 0.717) is 17.5 Å². The lowest BCUT2D eigenvalue weighted by Crippen LogP contribution is -2.28. The Morgan fingerprint density at radius 1 is 0.309 bits per heavy atom. The lowest BCUT2D eigenvalue weighted by molar-refractivity contribution is 0.769. The number of benzene rings is 7. The summed E-state index contributed by atoms with van der Waals surface area (Å²) in [5.74, 6) is 1.86. The van der Waals surface area contributed by atoms with Gasteiger partial charge in [0.05, 0.1) is 5.41 Å². The SMILES string of the molecule is c1ccc(-c2nc(-c3cccc(-c4cccnc4)c3)nc(-c3cccc(-c4cccc(C5(c6ccccc6)c6ccccc6-c6ccccc65)c4)c3)n2)cc1. The zero-order valence-corrected chi connectivity index (χ0v) is 29.9. The highest BCUT2D eigenvalue weighted by Crippen LogP contribution is 2.56. The van der Waals surface area contributed by atoms with Crippen molar-refractivity contribution in [2.75, 3.05) is 0 Å². The first-order chi connectivity index (χ1) is 27.3. The molecule has 0 unspecified atom stereocenters. The molecule has 9 aromatic rings. The number of fused-ring (bicyclic) bond motifs is 3. The minimum Gasteiger partial charge on any atom is -0.264 e. The highest BCUT2D eigenvalue weighted by atomic mass is 15.0. The quantitative estimate of drug-likeness (QED) is 0.166. The molecule has 10 rings (SSSR count). The lowest BCUT2D eigenvalue weighted by Gasteiger charge is -2.34. The topological polar surface area (TPSA) is 51.6 Å². The summed E-state index contributed by atoms with van der Waals surface area (Å²) in [6.07, 6.45) is 3.66. The molecule has 0 atom stereocenters. The Morgan fingerprint density at radius 3 is 1.35 bits per heavy atom. The molecule has 2 heterocycles. The van der Waals surface area contributed by atoms with Crippen molar-refractivity contribution >= 4 is 0 Å². The minimum absolute atomic E-state index is 0.472. The fourth-order valence-corrected chi connectivity index (χ4v) is 8.20. The van der Waals surface area contributed by atoms with Gasteiger partial charge in [-0.3, -0.25) is 4.98 Å². The Labute approximate surface area is 320 Å². The van der Waals surface area contributed by atoms with Gasteiger partial charge in [0.1, 0.15) is 0 Å². The number of nitrogens with zero attached hydrogens (tertiary/aromatic N) is 4. The molecule has 4 heteroatoms. The molecule has 0 spiro atoms. The third-order valence-corrected chi connectivity index (χ3v) is 10.7. The van der Waals surface area contributed by atoms with E-state index < -0.39 is 5.41 Å². The van der Waals surface area contributed by atoms with Crippen molar-refractivity contribution in [3.63, 3.8) is 0 Å². The van der Waals surface area contributed by atoms with Crippen LogP contribution in [0.4, 0.5) is 0 Å². The normalized spacial score (nSPS) is 12.5. The highest BCUT2D eigenvalue weighted by Gasteiger charge is 2.45. The Kier molecular flexibility index (Phi) is 8.00. The highest BCUT2D eigenvalue weighted by molar-refractivity contribution is 5.87. The molecule has 0 amide bonds. The van der Waals surface area contributed by atoms with Gasteiger partial charge in [0.15, 0.2) is 17.5 Å². The number of hydrogen-bond acceptors (Lipinski definition) is 4. The molecule has 7 aromatic carbocycles. The molecule has 258 valence electrons. The van der Waals surface area contributed by atoms with Gasteiger partial charge >= 0.3 is 0 Å². The second-order valence-electron chi connectivity index (χ2n) is 13.9. The molecule has 0 bridgehead atoms. The zero-order chi connectivity index (χ0) is 36.6. The van der Waals surface area contributed by atoms with E-state index in [1.165, 1.54) is 33.4 Å². The molecule has 0 saturated heterocycles. The predicted octanol–water partition coefficient (Wildman–Crippen LogP) is 12.0. The zero-order valence-electron chi connectivity index (χ0n) is 29.9. The largest absolute Gasteiger partial charge is 0.264 e. The van der Waals surface area contributed by atoms with Crippen LogP contribution in [0.25, 0.3) is 67.5 Å². The Bertz CT molecular complexity index is 2770. The van der Waals surface area contributed by atoms with Crippen molar-refractivity contribution < 1.29 is 0 Å². The van der Waals surface area contributed by atoms with Crippen LogP contribution in [0.5, 0.6) is 0 Å². The van der Waals surface area contributed by atoms with Crippen LogP contribution in [-0.4, -0.2) is 19.9 Å². The summed E-state index contributed by atoms with van der Waals surface area (Å²) in [5.41, 5.74) is 14.2.